The summed E-state index contributed by atoms with van der Waals surface area (Å²) in [6.07, 6.45) is 1.73. The fourth-order valence-corrected chi connectivity index (χ4v) is 1.59. The third-order valence-electron chi connectivity index (χ3n) is 2.65. The van der Waals surface area contributed by atoms with E-state index in [2.05, 4.69) is 4.90 Å². The van der Waals surface area contributed by atoms with Crippen molar-refractivity contribution in [3.63, 3.8) is 0 Å². The first kappa shape index (κ1) is 11.7. The van der Waals surface area contributed by atoms with Crippen LogP contribution in [0.15, 0.2) is 0 Å². The van der Waals surface area contributed by atoms with Gasteiger partial charge in [-0.2, -0.15) is 0 Å². The molecule has 1 aliphatic rings. The van der Waals surface area contributed by atoms with Crippen molar-refractivity contribution in [1.29, 1.82) is 0 Å². The Morgan fingerprint density at radius 2 is 2.00 bits per heavy atom. The number of nitrogens with zero attached hydrogens (tertiary/aromatic N) is 1. The highest BCUT2D eigenvalue weighted by molar-refractivity contribution is 5.80. The average molecular weight is 199 g/mol. The van der Waals surface area contributed by atoms with Crippen LogP contribution < -0.4 is 0 Å². The van der Waals surface area contributed by atoms with E-state index in [0.29, 0.717) is 5.78 Å². The lowest BCUT2D eigenvalue weighted by Gasteiger charge is -2.26. The van der Waals surface area contributed by atoms with Crippen LogP contribution in [0.3, 0.4) is 0 Å². The van der Waals surface area contributed by atoms with Gasteiger partial charge in [0.25, 0.3) is 0 Å². The summed E-state index contributed by atoms with van der Waals surface area (Å²) >= 11 is 0. The van der Waals surface area contributed by atoms with E-state index in [1.807, 2.05) is 13.8 Å². The minimum Gasteiger partial charge on any atom is -0.379 e. The number of carbonyl (C=O) groups is 1. The number of hydrogen-bond donors (Lipinski definition) is 0. The summed E-state index contributed by atoms with van der Waals surface area (Å²) in [5.74, 6) is 0.581. The van der Waals surface area contributed by atoms with Crippen molar-refractivity contribution in [1.82, 2.24) is 4.90 Å². The Kier molecular flexibility index (Phi) is 5.12. The van der Waals surface area contributed by atoms with Crippen LogP contribution in [-0.2, 0) is 9.53 Å². The molecule has 14 heavy (non-hydrogen) atoms. The summed E-state index contributed by atoms with van der Waals surface area (Å²) in [7, 11) is 0. The van der Waals surface area contributed by atoms with Gasteiger partial charge in [0.15, 0.2) is 0 Å². The second kappa shape index (κ2) is 6.14. The molecule has 1 aliphatic heterocycles. The average Bonchev–Trinajstić information content (AvgIpc) is 2.19. The largest absolute Gasteiger partial charge is 0.379 e. The van der Waals surface area contributed by atoms with Crippen molar-refractivity contribution < 1.29 is 9.53 Å². The van der Waals surface area contributed by atoms with Crippen LogP contribution in [0, 0.1) is 5.92 Å². The lowest BCUT2D eigenvalue weighted by atomic mass is 10.0. The van der Waals surface area contributed by atoms with Crippen molar-refractivity contribution in [3.8, 4) is 0 Å². The number of ether oxygens (including phenoxy) is 1. The molecule has 0 aromatic rings. The van der Waals surface area contributed by atoms with Crippen LogP contribution in [0.4, 0.5) is 0 Å². The molecule has 3 heteroatoms. The van der Waals surface area contributed by atoms with E-state index in [-0.39, 0.29) is 5.92 Å². The van der Waals surface area contributed by atoms with E-state index >= 15 is 0 Å². The number of morpholine rings is 1. The summed E-state index contributed by atoms with van der Waals surface area (Å²) in [6.45, 7) is 8.72. The molecule has 0 bridgehead atoms. The van der Waals surface area contributed by atoms with Gasteiger partial charge in [-0.1, -0.05) is 13.8 Å². The highest BCUT2D eigenvalue weighted by atomic mass is 16.5. The Morgan fingerprint density at radius 1 is 1.36 bits per heavy atom. The smallest absolute Gasteiger partial charge is 0.135 e. The number of ketones is 1. The summed E-state index contributed by atoms with van der Waals surface area (Å²) in [4.78, 5) is 13.7. The SMILES string of the molecule is CC(C)C(=O)CCCN1CCOCC1. The van der Waals surface area contributed by atoms with Crippen molar-refractivity contribution in [3.05, 3.63) is 0 Å². The minimum atomic E-state index is 0.194. The van der Waals surface area contributed by atoms with E-state index in [1.165, 1.54) is 0 Å². The highest BCUT2D eigenvalue weighted by Gasteiger charge is 2.11. The molecule has 0 aromatic carbocycles. The molecule has 0 saturated carbocycles. The van der Waals surface area contributed by atoms with Gasteiger partial charge in [0.1, 0.15) is 5.78 Å². The first-order valence-corrected chi connectivity index (χ1v) is 5.53. The summed E-state index contributed by atoms with van der Waals surface area (Å²) in [6, 6.07) is 0. The zero-order valence-corrected chi connectivity index (χ0v) is 9.29. The van der Waals surface area contributed by atoms with Gasteiger partial charge in [-0.25, -0.2) is 0 Å². The molecule has 1 saturated heterocycles. The van der Waals surface area contributed by atoms with Crippen molar-refractivity contribution in [2.24, 2.45) is 5.92 Å². The van der Waals surface area contributed by atoms with E-state index in [1.54, 1.807) is 0 Å². The number of carbonyl (C=O) groups excluding carboxylic acids is 1. The monoisotopic (exact) mass is 199 g/mol. The van der Waals surface area contributed by atoms with Crippen LogP contribution >= 0.6 is 0 Å². The van der Waals surface area contributed by atoms with Gasteiger partial charge >= 0.3 is 0 Å². The van der Waals surface area contributed by atoms with Crippen LogP contribution in [0.1, 0.15) is 26.7 Å². The molecule has 82 valence electrons. The maximum Gasteiger partial charge on any atom is 0.135 e. The maximum atomic E-state index is 11.3. The molecule has 1 fully saturated rings. The number of Topliss-reactive ketones (excluding diaryl/α,β-unsaturated/α-hetero) is 1. The molecule has 0 aliphatic carbocycles. The molecular weight excluding hydrogens is 178 g/mol. The molecule has 0 N–H and O–H groups in total. The lowest BCUT2D eigenvalue weighted by molar-refractivity contribution is -0.122. The van der Waals surface area contributed by atoms with Crippen LogP contribution in [0.5, 0.6) is 0 Å². The molecule has 0 spiro atoms. The second-order valence-corrected chi connectivity index (χ2v) is 4.18. The Labute approximate surface area is 86.4 Å². The Balaban J connectivity index is 2.05. The fourth-order valence-electron chi connectivity index (χ4n) is 1.59. The lowest BCUT2D eigenvalue weighted by Crippen LogP contribution is -2.37. The minimum absolute atomic E-state index is 0.194. The summed E-state index contributed by atoms with van der Waals surface area (Å²) in [5, 5.41) is 0. The Morgan fingerprint density at radius 3 is 2.57 bits per heavy atom. The van der Waals surface area contributed by atoms with E-state index in [4.69, 9.17) is 4.74 Å². The molecule has 0 amide bonds. The van der Waals surface area contributed by atoms with Crippen LogP contribution in [-0.4, -0.2) is 43.5 Å². The third-order valence-corrected chi connectivity index (χ3v) is 2.65. The van der Waals surface area contributed by atoms with E-state index in [0.717, 1.165) is 45.7 Å². The van der Waals surface area contributed by atoms with Gasteiger partial charge < -0.3 is 4.74 Å². The molecule has 3 nitrogen and oxygen atoms in total. The second-order valence-electron chi connectivity index (χ2n) is 4.18. The predicted octanol–water partition coefficient (Wildman–Crippen LogP) is 1.32. The van der Waals surface area contributed by atoms with Crippen molar-refractivity contribution in [2.45, 2.75) is 26.7 Å². The first-order chi connectivity index (χ1) is 6.70. The van der Waals surface area contributed by atoms with Crippen LogP contribution in [0.25, 0.3) is 0 Å². The molecule has 1 rings (SSSR count). The normalized spacial score (nSPS) is 18.8. The van der Waals surface area contributed by atoms with E-state index < -0.39 is 0 Å². The van der Waals surface area contributed by atoms with Gasteiger partial charge in [-0.3, -0.25) is 9.69 Å². The Bertz CT molecular complexity index is 174. The van der Waals surface area contributed by atoms with Gasteiger partial charge in [0.2, 0.25) is 0 Å². The molecule has 0 unspecified atom stereocenters. The topological polar surface area (TPSA) is 29.5 Å². The highest BCUT2D eigenvalue weighted by Crippen LogP contribution is 2.04. The van der Waals surface area contributed by atoms with Crippen LogP contribution in [0.2, 0.25) is 0 Å². The summed E-state index contributed by atoms with van der Waals surface area (Å²) in [5.41, 5.74) is 0. The first-order valence-electron chi connectivity index (χ1n) is 5.53. The molecule has 0 radical (unpaired) electrons. The van der Waals surface area contributed by atoms with Crippen molar-refractivity contribution in [2.75, 3.05) is 32.8 Å². The maximum absolute atomic E-state index is 11.3. The summed E-state index contributed by atoms with van der Waals surface area (Å²) < 4.78 is 5.26. The van der Waals surface area contributed by atoms with Gasteiger partial charge in [0.05, 0.1) is 13.2 Å². The zero-order chi connectivity index (χ0) is 10.4. The van der Waals surface area contributed by atoms with E-state index in [9.17, 15) is 4.79 Å². The fraction of sp³-hybridized carbons (Fsp3) is 0.909. The van der Waals surface area contributed by atoms with Crippen molar-refractivity contribution >= 4 is 5.78 Å². The standard InChI is InChI=1S/C11H21NO2/c1-10(2)11(13)4-3-5-12-6-8-14-9-7-12/h10H,3-9H2,1-2H3. The number of hydrogen-bond acceptors (Lipinski definition) is 3. The third kappa shape index (κ3) is 4.20. The predicted molar refractivity (Wildman–Crippen MR) is 56.3 cm³/mol. The molecule has 0 aromatic heterocycles. The Hall–Kier alpha value is -0.410. The number of rotatable bonds is 5. The molecular formula is C11H21NO2. The quantitative estimate of drug-likeness (QED) is 0.669. The van der Waals surface area contributed by atoms with Gasteiger partial charge in [-0.15, -0.1) is 0 Å². The molecule has 0 atom stereocenters. The van der Waals surface area contributed by atoms with Gasteiger partial charge in [-0.05, 0) is 13.0 Å². The van der Waals surface area contributed by atoms with Gasteiger partial charge in [0, 0.05) is 25.4 Å². The molecule has 1 heterocycles. The zero-order valence-electron chi connectivity index (χ0n) is 9.29.